The van der Waals surface area contributed by atoms with Gasteiger partial charge in [-0.15, -0.1) is 0 Å². The highest BCUT2D eigenvalue weighted by Crippen LogP contribution is 2.32. The zero-order chi connectivity index (χ0) is 24.1. The third-order valence-electron chi connectivity index (χ3n) is 6.34. The lowest BCUT2D eigenvalue weighted by atomic mass is 10.00. The summed E-state index contributed by atoms with van der Waals surface area (Å²) in [6.45, 7) is 0.829. The van der Waals surface area contributed by atoms with E-state index in [4.69, 9.17) is 20.5 Å². The van der Waals surface area contributed by atoms with Crippen LogP contribution in [0.15, 0.2) is 69.8 Å². The van der Waals surface area contributed by atoms with Gasteiger partial charge in [-0.05, 0) is 54.6 Å². The fraction of sp³-hybridized carbons (Fsp3) is 0.154. The molecule has 0 bridgehead atoms. The highest BCUT2D eigenvalue weighted by Gasteiger charge is 2.37. The standard InChI is InChI=1S/C26H18ClN3O5/c27-17-6-3-15(4-7-17)23-21-14-29(10-9-22(21)28-35-23)24(31)16-5-8-19-20(12-16)26(33)30(25(19)32)13-18-2-1-11-34-18/h1-8,11-12H,9-10,13-14H2. The Morgan fingerprint density at radius 3 is 2.60 bits per heavy atom. The van der Waals surface area contributed by atoms with Crippen LogP contribution in [0.25, 0.3) is 11.3 Å². The molecule has 4 aromatic rings. The number of furan rings is 1. The van der Waals surface area contributed by atoms with Crippen LogP contribution in [0.4, 0.5) is 0 Å². The predicted octanol–water partition coefficient (Wildman–Crippen LogP) is 4.58. The number of carbonyl (C=O) groups is 3. The molecule has 0 saturated heterocycles. The van der Waals surface area contributed by atoms with Gasteiger partial charge in [0.05, 0.1) is 36.2 Å². The number of aromatic nitrogens is 1. The van der Waals surface area contributed by atoms with Crippen LogP contribution >= 0.6 is 11.6 Å². The summed E-state index contributed by atoms with van der Waals surface area (Å²) in [5, 5.41) is 4.80. The van der Waals surface area contributed by atoms with Crippen LogP contribution in [0.3, 0.4) is 0 Å². The summed E-state index contributed by atoms with van der Waals surface area (Å²) in [7, 11) is 0. The fourth-order valence-corrected chi connectivity index (χ4v) is 4.65. The van der Waals surface area contributed by atoms with Gasteiger partial charge in [-0.3, -0.25) is 19.3 Å². The first kappa shape index (κ1) is 21.4. The molecule has 0 N–H and O–H groups in total. The van der Waals surface area contributed by atoms with E-state index in [-0.39, 0.29) is 23.6 Å². The van der Waals surface area contributed by atoms with E-state index in [1.165, 1.54) is 12.3 Å². The van der Waals surface area contributed by atoms with Crippen LogP contribution in [0.5, 0.6) is 0 Å². The Hall–Kier alpha value is -4.17. The quantitative estimate of drug-likeness (QED) is 0.391. The van der Waals surface area contributed by atoms with Crippen molar-refractivity contribution in [1.82, 2.24) is 15.0 Å². The Morgan fingerprint density at radius 1 is 1.03 bits per heavy atom. The van der Waals surface area contributed by atoms with Crippen LogP contribution in [-0.2, 0) is 19.5 Å². The van der Waals surface area contributed by atoms with Gasteiger partial charge in [0.15, 0.2) is 5.76 Å². The van der Waals surface area contributed by atoms with E-state index in [0.29, 0.717) is 41.6 Å². The highest BCUT2D eigenvalue weighted by molar-refractivity contribution is 6.30. The highest BCUT2D eigenvalue weighted by atomic mass is 35.5. The lowest BCUT2D eigenvalue weighted by Gasteiger charge is -2.26. The van der Waals surface area contributed by atoms with E-state index in [9.17, 15) is 14.4 Å². The first-order chi connectivity index (χ1) is 17.0. The van der Waals surface area contributed by atoms with Crippen molar-refractivity contribution in [3.63, 3.8) is 0 Å². The minimum Gasteiger partial charge on any atom is -0.467 e. The van der Waals surface area contributed by atoms with E-state index in [1.807, 2.05) is 12.1 Å². The number of imide groups is 1. The molecule has 2 aliphatic heterocycles. The zero-order valence-corrected chi connectivity index (χ0v) is 19.1. The minimum absolute atomic E-state index is 0.0402. The third-order valence-corrected chi connectivity index (χ3v) is 6.59. The lowest BCUT2D eigenvalue weighted by molar-refractivity contribution is 0.0631. The molecule has 0 aliphatic carbocycles. The fourth-order valence-electron chi connectivity index (χ4n) is 4.52. The summed E-state index contributed by atoms with van der Waals surface area (Å²) in [6, 6.07) is 15.3. The molecular formula is C26H18ClN3O5. The van der Waals surface area contributed by atoms with Gasteiger partial charge in [0.1, 0.15) is 5.76 Å². The molecule has 0 saturated carbocycles. The molecule has 0 fully saturated rings. The first-order valence-corrected chi connectivity index (χ1v) is 11.4. The van der Waals surface area contributed by atoms with E-state index >= 15 is 0 Å². The molecule has 6 rings (SSSR count). The Bertz CT molecular complexity index is 1470. The monoisotopic (exact) mass is 487 g/mol. The summed E-state index contributed by atoms with van der Waals surface area (Å²) in [4.78, 5) is 41.9. The molecular weight excluding hydrogens is 470 g/mol. The van der Waals surface area contributed by atoms with Gasteiger partial charge >= 0.3 is 0 Å². The number of halogens is 1. The number of amides is 3. The van der Waals surface area contributed by atoms with Crippen LogP contribution in [0.2, 0.25) is 5.02 Å². The molecule has 0 radical (unpaired) electrons. The SMILES string of the molecule is O=C(c1ccc2c(c1)C(=O)N(Cc1ccco1)C2=O)N1CCc2noc(-c3ccc(Cl)cc3)c2C1. The maximum atomic E-state index is 13.4. The first-order valence-electron chi connectivity index (χ1n) is 11.0. The van der Waals surface area contributed by atoms with Crippen molar-refractivity contribution in [3.8, 4) is 11.3 Å². The van der Waals surface area contributed by atoms with Crippen LogP contribution in [-0.4, -0.2) is 39.2 Å². The molecule has 8 nitrogen and oxygen atoms in total. The second kappa shape index (κ2) is 8.25. The van der Waals surface area contributed by atoms with Crippen molar-refractivity contribution in [2.45, 2.75) is 19.5 Å². The van der Waals surface area contributed by atoms with Gasteiger partial charge in [0.2, 0.25) is 0 Å². The number of carbonyl (C=O) groups excluding carboxylic acids is 3. The minimum atomic E-state index is -0.443. The maximum absolute atomic E-state index is 13.4. The number of hydrogen-bond acceptors (Lipinski definition) is 6. The zero-order valence-electron chi connectivity index (χ0n) is 18.4. The molecule has 174 valence electrons. The van der Waals surface area contributed by atoms with Crippen molar-refractivity contribution in [1.29, 1.82) is 0 Å². The van der Waals surface area contributed by atoms with E-state index < -0.39 is 11.8 Å². The maximum Gasteiger partial charge on any atom is 0.261 e. The van der Waals surface area contributed by atoms with Crippen molar-refractivity contribution >= 4 is 29.3 Å². The molecule has 3 amide bonds. The van der Waals surface area contributed by atoms with E-state index in [2.05, 4.69) is 5.16 Å². The predicted molar refractivity (Wildman–Crippen MR) is 125 cm³/mol. The molecule has 9 heteroatoms. The van der Waals surface area contributed by atoms with Crippen molar-refractivity contribution in [3.05, 3.63) is 99.6 Å². The Labute approximate surface area is 204 Å². The Kier molecular flexibility index (Phi) is 5.04. The number of benzene rings is 2. The van der Waals surface area contributed by atoms with Gasteiger partial charge in [-0.25, -0.2) is 0 Å². The third kappa shape index (κ3) is 3.63. The normalized spacial score (nSPS) is 14.9. The number of fused-ring (bicyclic) bond motifs is 2. The average molecular weight is 488 g/mol. The van der Waals surface area contributed by atoms with E-state index in [1.54, 1.807) is 41.3 Å². The molecule has 0 spiro atoms. The smallest absolute Gasteiger partial charge is 0.261 e. The van der Waals surface area contributed by atoms with Crippen LogP contribution in [0.1, 0.15) is 48.1 Å². The van der Waals surface area contributed by atoms with Crippen LogP contribution < -0.4 is 0 Å². The summed E-state index contributed by atoms with van der Waals surface area (Å²) in [5.41, 5.74) is 3.35. The number of rotatable bonds is 4. The van der Waals surface area contributed by atoms with Gasteiger partial charge in [-0.1, -0.05) is 16.8 Å². The van der Waals surface area contributed by atoms with Crippen molar-refractivity contribution < 1.29 is 23.3 Å². The molecule has 0 atom stereocenters. The number of nitrogens with zero attached hydrogens (tertiary/aromatic N) is 3. The summed E-state index contributed by atoms with van der Waals surface area (Å²) >= 11 is 6.00. The van der Waals surface area contributed by atoms with Gasteiger partial charge < -0.3 is 13.8 Å². The summed E-state index contributed by atoms with van der Waals surface area (Å²) in [6.07, 6.45) is 2.04. The molecule has 0 unspecified atom stereocenters. The van der Waals surface area contributed by atoms with Gasteiger partial charge in [0, 0.05) is 34.7 Å². The second-order valence-electron chi connectivity index (χ2n) is 8.46. The second-order valence-corrected chi connectivity index (χ2v) is 8.89. The molecule has 4 heterocycles. The summed E-state index contributed by atoms with van der Waals surface area (Å²) < 4.78 is 10.9. The largest absolute Gasteiger partial charge is 0.467 e. The molecule has 2 aromatic heterocycles. The summed E-state index contributed by atoms with van der Waals surface area (Å²) in [5.74, 6) is 0.0372. The van der Waals surface area contributed by atoms with Gasteiger partial charge in [0.25, 0.3) is 17.7 Å². The lowest BCUT2D eigenvalue weighted by Crippen LogP contribution is -2.36. The molecule has 2 aliphatic rings. The Morgan fingerprint density at radius 2 is 1.83 bits per heavy atom. The molecule has 2 aromatic carbocycles. The van der Waals surface area contributed by atoms with E-state index in [0.717, 1.165) is 21.7 Å². The van der Waals surface area contributed by atoms with Crippen LogP contribution in [0, 0.1) is 0 Å². The van der Waals surface area contributed by atoms with Gasteiger partial charge in [-0.2, -0.15) is 0 Å². The number of hydrogen-bond donors (Lipinski definition) is 0. The topological polar surface area (TPSA) is 96.9 Å². The molecule has 35 heavy (non-hydrogen) atoms. The van der Waals surface area contributed by atoms with Crippen molar-refractivity contribution in [2.75, 3.05) is 6.54 Å². The Balaban J connectivity index is 1.25. The average Bonchev–Trinajstić information content (AvgIpc) is 3.60. The van der Waals surface area contributed by atoms with Crippen molar-refractivity contribution in [2.24, 2.45) is 0 Å².